The van der Waals surface area contributed by atoms with Gasteiger partial charge in [0.15, 0.2) is 0 Å². The number of anilines is 1. The predicted molar refractivity (Wildman–Crippen MR) is 103 cm³/mol. The van der Waals surface area contributed by atoms with Gasteiger partial charge in [-0.15, -0.1) is 0 Å². The highest BCUT2D eigenvalue weighted by Crippen LogP contribution is 2.33. The molecule has 3 aromatic rings. The molecule has 0 saturated heterocycles. The summed E-state index contributed by atoms with van der Waals surface area (Å²) in [7, 11) is 1.55. The number of hydrogen-bond acceptors (Lipinski definition) is 2. The van der Waals surface area contributed by atoms with E-state index in [-0.39, 0.29) is 0 Å². The molecule has 7 heteroatoms. The van der Waals surface area contributed by atoms with Gasteiger partial charge in [0.25, 0.3) is 5.91 Å². The van der Waals surface area contributed by atoms with Crippen LogP contribution >= 0.6 is 11.6 Å². The fourth-order valence-electron chi connectivity index (χ4n) is 2.71. The number of rotatable bonds is 4. The van der Waals surface area contributed by atoms with Crippen LogP contribution in [-0.2, 0) is 6.18 Å². The summed E-state index contributed by atoms with van der Waals surface area (Å²) in [5.41, 5.74) is 0.464. The van der Waals surface area contributed by atoms with Gasteiger partial charge in [-0.1, -0.05) is 35.9 Å². The van der Waals surface area contributed by atoms with Crippen molar-refractivity contribution in [3.8, 4) is 16.9 Å². The smallest absolute Gasteiger partial charge is 0.417 e. The Kier molecular flexibility index (Phi) is 5.61. The first-order valence-corrected chi connectivity index (χ1v) is 8.59. The van der Waals surface area contributed by atoms with E-state index in [9.17, 15) is 18.0 Å². The van der Waals surface area contributed by atoms with E-state index in [0.29, 0.717) is 16.5 Å². The number of halogens is 4. The summed E-state index contributed by atoms with van der Waals surface area (Å²) in [5.74, 6) is -0.194. The molecule has 0 atom stereocenters. The van der Waals surface area contributed by atoms with Crippen LogP contribution in [0.2, 0.25) is 5.02 Å². The molecule has 28 heavy (non-hydrogen) atoms. The van der Waals surface area contributed by atoms with Gasteiger partial charge in [-0.05, 0) is 48.0 Å². The molecule has 0 spiro atoms. The Labute approximate surface area is 164 Å². The SMILES string of the molecule is COc1ccc(Cl)c(-c2ccc(NC(=O)c3ccccc3C(F)(F)F)cc2)c1. The molecule has 0 radical (unpaired) electrons. The molecule has 144 valence electrons. The zero-order chi connectivity index (χ0) is 20.3. The van der Waals surface area contributed by atoms with E-state index in [1.807, 2.05) is 0 Å². The summed E-state index contributed by atoms with van der Waals surface area (Å²) in [6.07, 6.45) is -4.61. The van der Waals surface area contributed by atoms with Gasteiger partial charge in [-0.25, -0.2) is 0 Å². The summed E-state index contributed by atoms with van der Waals surface area (Å²) in [6.45, 7) is 0. The lowest BCUT2D eigenvalue weighted by Gasteiger charge is -2.13. The highest BCUT2D eigenvalue weighted by molar-refractivity contribution is 6.33. The summed E-state index contributed by atoms with van der Waals surface area (Å²) < 4.78 is 44.4. The maximum absolute atomic E-state index is 13.1. The van der Waals surface area contributed by atoms with E-state index in [1.54, 1.807) is 49.6 Å². The number of carbonyl (C=O) groups excluding carboxylic acids is 1. The molecule has 0 aliphatic heterocycles. The van der Waals surface area contributed by atoms with Crippen LogP contribution in [0.3, 0.4) is 0 Å². The third-order valence-corrected chi connectivity index (χ3v) is 4.43. The lowest BCUT2D eigenvalue weighted by atomic mass is 10.0. The van der Waals surface area contributed by atoms with Crippen molar-refractivity contribution in [3.05, 3.63) is 82.9 Å². The summed E-state index contributed by atoms with van der Waals surface area (Å²) in [4.78, 5) is 12.3. The van der Waals surface area contributed by atoms with Gasteiger partial charge in [-0.3, -0.25) is 4.79 Å². The molecule has 3 aromatic carbocycles. The molecule has 0 saturated carbocycles. The molecule has 1 N–H and O–H groups in total. The van der Waals surface area contributed by atoms with Crippen molar-refractivity contribution < 1.29 is 22.7 Å². The first-order chi connectivity index (χ1) is 13.3. The standard InChI is InChI=1S/C21H15ClF3NO2/c1-28-15-10-11-19(22)17(12-15)13-6-8-14(9-7-13)26-20(27)16-4-2-3-5-18(16)21(23,24)25/h2-12H,1H3,(H,26,27). The van der Waals surface area contributed by atoms with E-state index >= 15 is 0 Å². The number of benzene rings is 3. The molecule has 0 bridgehead atoms. The average molecular weight is 406 g/mol. The summed E-state index contributed by atoms with van der Waals surface area (Å²) >= 11 is 6.22. The third kappa shape index (κ3) is 4.28. The van der Waals surface area contributed by atoms with Crippen LogP contribution in [0.15, 0.2) is 66.7 Å². The van der Waals surface area contributed by atoms with Crippen molar-refractivity contribution in [1.29, 1.82) is 0 Å². The summed E-state index contributed by atoms with van der Waals surface area (Å²) in [6, 6.07) is 16.5. The van der Waals surface area contributed by atoms with Crippen LogP contribution in [0.25, 0.3) is 11.1 Å². The van der Waals surface area contributed by atoms with Crippen LogP contribution in [0.4, 0.5) is 18.9 Å². The largest absolute Gasteiger partial charge is 0.497 e. The molecule has 0 aromatic heterocycles. The van der Waals surface area contributed by atoms with Crippen molar-refractivity contribution in [2.75, 3.05) is 12.4 Å². The number of carbonyl (C=O) groups is 1. The fraction of sp³-hybridized carbons (Fsp3) is 0.0952. The normalized spacial score (nSPS) is 11.2. The van der Waals surface area contributed by atoms with Gasteiger partial charge in [0, 0.05) is 16.3 Å². The molecule has 3 nitrogen and oxygen atoms in total. The molecule has 1 amide bonds. The second-order valence-electron chi connectivity index (χ2n) is 5.92. The van der Waals surface area contributed by atoms with Crippen LogP contribution in [0, 0.1) is 0 Å². The molecule has 0 fully saturated rings. The first-order valence-electron chi connectivity index (χ1n) is 8.21. The van der Waals surface area contributed by atoms with E-state index in [0.717, 1.165) is 23.3 Å². The Hall–Kier alpha value is -2.99. The van der Waals surface area contributed by atoms with Crippen LogP contribution < -0.4 is 10.1 Å². The molecule has 0 aliphatic carbocycles. The fourth-order valence-corrected chi connectivity index (χ4v) is 2.94. The Morgan fingerprint density at radius 2 is 1.68 bits per heavy atom. The Bertz CT molecular complexity index is 1000. The molecular weight excluding hydrogens is 391 g/mol. The zero-order valence-electron chi connectivity index (χ0n) is 14.7. The lowest BCUT2D eigenvalue weighted by Crippen LogP contribution is -2.18. The van der Waals surface area contributed by atoms with Gasteiger partial charge < -0.3 is 10.1 Å². The quantitative estimate of drug-likeness (QED) is 0.554. The highest BCUT2D eigenvalue weighted by atomic mass is 35.5. The highest BCUT2D eigenvalue weighted by Gasteiger charge is 2.34. The summed E-state index contributed by atoms with van der Waals surface area (Å²) in [5, 5.41) is 3.01. The number of nitrogens with one attached hydrogen (secondary N) is 1. The molecular formula is C21H15ClF3NO2. The monoisotopic (exact) mass is 405 g/mol. The molecule has 0 heterocycles. The predicted octanol–water partition coefficient (Wildman–Crippen LogP) is 6.29. The number of hydrogen-bond donors (Lipinski definition) is 1. The molecule has 0 unspecified atom stereocenters. The Morgan fingerprint density at radius 1 is 1.00 bits per heavy atom. The third-order valence-electron chi connectivity index (χ3n) is 4.10. The Morgan fingerprint density at radius 3 is 2.32 bits per heavy atom. The topological polar surface area (TPSA) is 38.3 Å². The molecule has 3 rings (SSSR count). The van der Waals surface area contributed by atoms with E-state index < -0.39 is 23.2 Å². The minimum absolute atomic E-state index is 0.366. The lowest BCUT2D eigenvalue weighted by molar-refractivity contribution is -0.137. The van der Waals surface area contributed by atoms with Crippen molar-refractivity contribution in [2.45, 2.75) is 6.18 Å². The zero-order valence-corrected chi connectivity index (χ0v) is 15.4. The van der Waals surface area contributed by atoms with Crippen molar-refractivity contribution in [1.82, 2.24) is 0 Å². The number of methoxy groups -OCH3 is 1. The second kappa shape index (κ2) is 7.94. The van der Waals surface area contributed by atoms with Gasteiger partial charge in [0.1, 0.15) is 5.75 Å². The maximum Gasteiger partial charge on any atom is 0.417 e. The van der Waals surface area contributed by atoms with E-state index in [4.69, 9.17) is 16.3 Å². The van der Waals surface area contributed by atoms with Crippen molar-refractivity contribution in [2.24, 2.45) is 0 Å². The number of amides is 1. The minimum atomic E-state index is -4.61. The van der Waals surface area contributed by atoms with Crippen molar-refractivity contribution in [3.63, 3.8) is 0 Å². The van der Waals surface area contributed by atoms with Gasteiger partial charge in [0.05, 0.1) is 18.2 Å². The van der Waals surface area contributed by atoms with Gasteiger partial charge in [-0.2, -0.15) is 13.2 Å². The number of alkyl halides is 3. The Balaban J connectivity index is 1.83. The van der Waals surface area contributed by atoms with Crippen LogP contribution in [-0.4, -0.2) is 13.0 Å². The first kappa shape index (κ1) is 19.8. The van der Waals surface area contributed by atoms with Gasteiger partial charge in [0.2, 0.25) is 0 Å². The molecule has 0 aliphatic rings. The van der Waals surface area contributed by atoms with Crippen LogP contribution in [0.5, 0.6) is 5.75 Å². The average Bonchev–Trinajstić information content (AvgIpc) is 2.68. The number of ether oxygens (including phenoxy) is 1. The minimum Gasteiger partial charge on any atom is -0.497 e. The maximum atomic E-state index is 13.1. The van der Waals surface area contributed by atoms with Crippen LogP contribution in [0.1, 0.15) is 15.9 Å². The second-order valence-corrected chi connectivity index (χ2v) is 6.33. The van der Waals surface area contributed by atoms with Crippen molar-refractivity contribution >= 4 is 23.2 Å². The van der Waals surface area contributed by atoms with E-state index in [1.165, 1.54) is 12.1 Å². The van der Waals surface area contributed by atoms with E-state index in [2.05, 4.69) is 5.32 Å². The van der Waals surface area contributed by atoms with Gasteiger partial charge >= 0.3 is 6.18 Å².